The fraction of sp³-hybridized carbons (Fsp3) is 0.605. The first kappa shape index (κ1) is 46.2. The van der Waals surface area contributed by atoms with E-state index in [-0.39, 0.29) is 18.6 Å². The number of aromatic nitrogens is 2. The predicted molar refractivity (Wildman–Crippen MR) is 213 cm³/mol. The second-order valence-electron chi connectivity index (χ2n) is 16.5. The molecule has 0 radical (unpaired) electrons. The molecule has 3 aliphatic rings. The van der Waals surface area contributed by atoms with Crippen molar-refractivity contribution in [3.63, 3.8) is 0 Å². The molecule has 0 spiro atoms. The van der Waals surface area contributed by atoms with Gasteiger partial charge >= 0.3 is 18.2 Å². The number of benzene rings is 1. The average molecular weight is 841 g/mol. The standard InChI is InChI=1S/C43H57FN4O12/c1-10-31-36-32(47-41(53)58-36)24(4)33(49)22(2)20-43(7,60-42(54)55-21-29(44)19-27-12-14-28(15-13-27)38-45-16-11-17-46-38)37(25(5)34(50)26(6)39(52)57-31)59-40-35(51)30(48(8)9)18-23(3)56-40/h11-17,19,22-26,30-32,35-37,40,51H,10,18,20-21H2,1-9H3,(H,47,53)/b29-19-/t22-,23-,24-,25+,26-,30+,31-,32+,35-,36-,37?,40?,43-/m1/s1. The van der Waals surface area contributed by atoms with Crippen molar-refractivity contribution in [2.24, 2.45) is 23.7 Å². The van der Waals surface area contributed by atoms with E-state index in [0.29, 0.717) is 23.4 Å². The van der Waals surface area contributed by atoms with Crippen molar-refractivity contribution in [1.82, 2.24) is 20.2 Å². The monoisotopic (exact) mass is 840 g/mol. The number of esters is 1. The van der Waals surface area contributed by atoms with Gasteiger partial charge in [0.25, 0.3) is 0 Å². The highest BCUT2D eigenvalue weighted by atomic mass is 19.1. The fourth-order valence-corrected chi connectivity index (χ4v) is 8.35. The number of cyclic esters (lactones) is 1. The topological polar surface area (TPSA) is 202 Å². The SMILES string of the molecule is CC[C@H]1OC(=O)[C@H](C)C(=O)[C@H](C)C(OC2O[C@H](C)C[C@H](N(C)C)[C@H]2O)[C@](C)(OC(=O)OC/C(F)=C/c2ccc(-c3ncccn3)cc2)C[C@@H](C)C(=O)[C@H](C)[C@@H]2NC(=O)O[C@@H]21. The van der Waals surface area contributed by atoms with Gasteiger partial charge in [-0.05, 0) is 71.8 Å². The lowest BCUT2D eigenvalue weighted by Crippen LogP contribution is -2.60. The highest BCUT2D eigenvalue weighted by molar-refractivity contribution is 6.00. The van der Waals surface area contributed by atoms with E-state index in [1.54, 1.807) is 84.5 Å². The summed E-state index contributed by atoms with van der Waals surface area (Å²) < 4.78 is 50.5. The zero-order chi connectivity index (χ0) is 44.1. The van der Waals surface area contributed by atoms with Crippen molar-refractivity contribution < 1.29 is 61.9 Å². The van der Waals surface area contributed by atoms with Crippen molar-refractivity contribution in [3.8, 4) is 11.4 Å². The quantitative estimate of drug-likeness (QED) is 0.193. The minimum atomic E-state index is -1.93. The molecule has 3 saturated heterocycles. The number of ether oxygens (including phenoxy) is 6. The molecule has 1 amide bonds. The van der Waals surface area contributed by atoms with Crippen LogP contribution < -0.4 is 5.32 Å². The Morgan fingerprint density at radius 2 is 1.68 bits per heavy atom. The molecule has 3 aliphatic heterocycles. The molecule has 3 fully saturated rings. The van der Waals surface area contributed by atoms with E-state index in [2.05, 4.69) is 15.3 Å². The summed E-state index contributed by atoms with van der Waals surface area (Å²) in [6, 6.07) is 7.08. The summed E-state index contributed by atoms with van der Waals surface area (Å²) in [6.07, 6.45) is -3.89. The number of nitrogens with one attached hydrogen (secondary N) is 1. The number of amides is 1. The molecule has 0 bridgehead atoms. The molecule has 4 heterocycles. The maximum Gasteiger partial charge on any atom is 0.509 e. The Labute approximate surface area is 349 Å². The van der Waals surface area contributed by atoms with Crippen LogP contribution in [0, 0.1) is 23.7 Å². The van der Waals surface area contributed by atoms with Gasteiger partial charge in [0.15, 0.2) is 24.0 Å². The van der Waals surface area contributed by atoms with Crippen LogP contribution in [0.2, 0.25) is 0 Å². The van der Waals surface area contributed by atoms with Gasteiger partial charge in [-0.15, -0.1) is 0 Å². The lowest BCUT2D eigenvalue weighted by Gasteiger charge is -2.46. The molecule has 60 heavy (non-hydrogen) atoms. The molecular formula is C43H57FN4O12. The number of carbonyl (C=O) groups is 5. The number of likely N-dealkylation sites (N-methyl/N-ethyl adjacent to an activating group) is 1. The van der Waals surface area contributed by atoms with Gasteiger partial charge in [-0.25, -0.2) is 23.9 Å². The van der Waals surface area contributed by atoms with Gasteiger partial charge in [0, 0.05) is 41.8 Å². The summed E-state index contributed by atoms with van der Waals surface area (Å²) in [6.45, 7) is 10.2. The third-order valence-electron chi connectivity index (χ3n) is 11.6. The van der Waals surface area contributed by atoms with Crippen LogP contribution in [0.5, 0.6) is 0 Å². The number of alkyl carbamates (subject to hydrolysis) is 1. The minimum Gasteiger partial charge on any atom is -0.458 e. The summed E-state index contributed by atoms with van der Waals surface area (Å²) in [4.78, 5) is 78.7. The number of hydrogen-bond acceptors (Lipinski definition) is 15. The maximum absolute atomic E-state index is 15.3. The van der Waals surface area contributed by atoms with E-state index in [4.69, 9.17) is 28.4 Å². The predicted octanol–water partition coefficient (Wildman–Crippen LogP) is 5.06. The van der Waals surface area contributed by atoms with Crippen molar-refractivity contribution in [1.29, 1.82) is 0 Å². The number of ketones is 2. The third-order valence-corrected chi connectivity index (χ3v) is 11.6. The Hall–Kier alpha value is -4.84. The van der Waals surface area contributed by atoms with Gasteiger partial charge in [0.1, 0.15) is 48.0 Å². The van der Waals surface area contributed by atoms with Gasteiger partial charge in [-0.2, -0.15) is 0 Å². The van der Waals surface area contributed by atoms with Crippen LogP contribution in [-0.2, 0) is 42.8 Å². The zero-order valence-corrected chi connectivity index (χ0v) is 35.5. The Morgan fingerprint density at radius 3 is 2.32 bits per heavy atom. The number of carbonyl (C=O) groups excluding carboxylic acids is 5. The second-order valence-corrected chi connectivity index (χ2v) is 16.5. The second kappa shape index (κ2) is 19.7. The smallest absolute Gasteiger partial charge is 0.458 e. The van der Waals surface area contributed by atoms with Crippen LogP contribution in [0.3, 0.4) is 0 Å². The fourth-order valence-electron chi connectivity index (χ4n) is 8.35. The number of fused-ring (bicyclic) bond motifs is 1. The molecule has 13 atom stereocenters. The van der Waals surface area contributed by atoms with E-state index >= 15 is 4.39 Å². The molecule has 0 aliphatic carbocycles. The first-order valence-corrected chi connectivity index (χ1v) is 20.3. The van der Waals surface area contributed by atoms with E-state index in [9.17, 15) is 29.1 Å². The number of aliphatic hydroxyl groups is 1. The van der Waals surface area contributed by atoms with Gasteiger partial charge < -0.3 is 43.7 Å². The zero-order valence-electron chi connectivity index (χ0n) is 35.5. The molecule has 2 aromatic rings. The Morgan fingerprint density at radius 1 is 1.02 bits per heavy atom. The molecule has 5 rings (SSSR count). The van der Waals surface area contributed by atoms with Crippen LogP contribution in [0.25, 0.3) is 17.5 Å². The molecule has 0 saturated carbocycles. The third kappa shape index (κ3) is 10.7. The molecule has 2 N–H and O–H groups in total. The van der Waals surface area contributed by atoms with Gasteiger partial charge in [0.2, 0.25) is 0 Å². The van der Waals surface area contributed by atoms with Crippen molar-refractivity contribution >= 4 is 35.9 Å². The summed E-state index contributed by atoms with van der Waals surface area (Å²) in [7, 11) is 3.58. The average Bonchev–Trinajstić information content (AvgIpc) is 3.61. The van der Waals surface area contributed by atoms with Gasteiger partial charge in [-0.1, -0.05) is 52.0 Å². The van der Waals surface area contributed by atoms with Crippen molar-refractivity contribution in [2.45, 2.75) is 122 Å². The molecule has 328 valence electrons. The van der Waals surface area contributed by atoms with Crippen LogP contribution in [0.1, 0.15) is 73.3 Å². The lowest BCUT2D eigenvalue weighted by molar-refractivity contribution is -0.293. The summed E-state index contributed by atoms with van der Waals surface area (Å²) in [5.74, 6) is -6.77. The number of Topliss-reactive ketones (excluding diaryl/α,β-unsaturated/α-hetero) is 2. The number of halogens is 1. The number of nitrogens with zero attached hydrogens (tertiary/aromatic N) is 3. The molecule has 17 heteroatoms. The molecule has 2 unspecified atom stereocenters. The first-order chi connectivity index (χ1) is 28.3. The highest BCUT2D eigenvalue weighted by Crippen LogP contribution is 2.39. The van der Waals surface area contributed by atoms with E-state index < -0.39 is 115 Å². The van der Waals surface area contributed by atoms with Crippen molar-refractivity contribution in [3.05, 3.63) is 54.1 Å². The summed E-state index contributed by atoms with van der Waals surface area (Å²) in [5.41, 5.74) is -0.751. The van der Waals surface area contributed by atoms with Crippen LogP contribution >= 0.6 is 0 Å². The van der Waals surface area contributed by atoms with E-state index in [0.717, 1.165) is 0 Å². The number of aliphatic hydroxyl groups excluding tert-OH is 1. The molecule has 1 aromatic carbocycles. The van der Waals surface area contributed by atoms with Gasteiger partial charge in [0.05, 0.1) is 12.1 Å². The van der Waals surface area contributed by atoms with Crippen LogP contribution in [-0.4, -0.2) is 125 Å². The number of rotatable bonds is 9. The molecule has 16 nitrogen and oxygen atoms in total. The normalized spacial score (nSPS) is 34.5. The van der Waals surface area contributed by atoms with E-state index in [1.807, 2.05) is 4.90 Å². The Bertz CT molecular complexity index is 1880. The highest BCUT2D eigenvalue weighted by Gasteiger charge is 2.53. The summed E-state index contributed by atoms with van der Waals surface area (Å²) >= 11 is 0. The first-order valence-electron chi connectivity index (χ1n) is 20.3. The summed E-state index contributed by atoms with van der Waals surface area (Å²) in [5, 5.41) is 14.2. The maximum atomic E-state index is 15.3. The van der Waals surface area contributed by atoms with Crippen LogP contribution in [0.15, 0.2) is 48.6 Å². The molecule has 1 aromatic heterocycles. The van der Waals surface area contributed by atoms with Crippen LogP contribution in [0.4, 0.5) is 14.0 Å². The molecular weight excluding hydrogens is 783 g/mol. The van der Waals surface area contributed by atoms with E-state index in [1.165, 1.54) is 26.8 Å². The lowest BCUT2D eigenvalue weighted by atomic mass is 9.75. The number of hydrogen-bond donors (Lipinski definition) is 2. The Kier molecular flexibility index (Phi) is 15.2. The Balaban J connectivity index is 1.48. The minimum absolute atomic E-state index is 0.211. The van der Waals surface area contributed by atoms with Crippen molar-refractivity contribution in [2.75, 3.05) is 20.7 Å². The van der Waals surface area contributed by atoms with Gasteiger partial charge in [-0.3, -0.25) is 14.4 Å². The largest absolute Gasteiger partial charge is 0.509 e.